The zero-order valence-electron chi connectivity index (χ0n) is 6.81. The second kappa shape index (κ2) is 2.15. The van der Waals surface area contributed by atoms with Crippen molar-refractivity contribution in [1.82, 2.24) is 0 Å². The van der Waals surface area contributed by atoms with Crippen LogP contribution in [-0.2, 0) is 0 Å². The number of allylic oxidation sites excluding steroid dienone is 3. The molecule has 0 fully saturated rings. The van der Waals surface area contributed by atoms with Gasteiger partial charge in [0.1, 0.15) is 0 Å². The quantitative estimate of drug-likeness (QED) is 0.510. The van der Waals surface area contributed by atoms with E-state index in [0.717, 1.165) is 6.42 Å². The number of aliphatic hydroxyl groups is 1. The van der Waals surface area contributed by atoms with Gasteiger partial charge in [0.2, 0.25) is 0 Å². The highest BCUT2D eigenvalue weighted by molar-refractivity contribution is 5.23. The third-order valence-corrected chi connectivity index (χ3v) is 1.62. The molecule has 56 valence electrons. The first-order valence-electron chi connectivity index (χ1n) is 3.59. The van der Waals surface area contributed by atoms with E-state index in [2.05, 4.69) is 19.9 Å². The van der Waals surface area contributed by atoms with Crippen molar-refractivity contribution in [2.45, 2.75) is 27.2 Å². The molecule has 1 nitrogen and oxygen atoms in total. The van der Waals surface area contributed by atoms with Crippen LogP contribution < -0.4 is 0 Å². The Morgan fingerprint density at radius 1 is 1.40 bits per heavy atom. The van der Waals surface area contributed by atoms with Crippen LogP contribution in [0.15, 0.2) is 23.5 Å². The summed E-state index contributed by atoms with van der Waals surface area (Å²) in [5, 5.41) is 9.24. The molecular formula is C9H14O. The summed E-state index contributed by atoms with van der Waals surface area (Å²) >= 11 is 0. The van der Waals surface area contributed by atoms with E-state index in [1.54, 1.807) is 0 Å². The average Bonchev–Trinajstić information content (AvgIpc) is 1.54. The molecule has 0 aromatic heterocycles. The van der Waals surface area contributed by atoms with Crippen molar-refractivity contribution in [1.29, 1.82) is 0 Å². The van der Waals surface area contributed by atoms with Crippen LogP contribution in [0, 0.1) is 5.41 Å². The lowest BCUT2D eigenvalue weighted by Gasteiger charge is -2.21. The Morgan fingerprint density at radius 3 is 2.40 bits per heavy atom. The topological polar surface area (TPSA) is 20.2 Å². The van der Waals surface area contributed by atoms with Crippen molar-refractivity contribution in [2.75, 3.05) is 0 Å². The minimum Gasteiger partial charge on any atom is -0.512 e. The van der Waals surface area contributed by atoms with Crippen molar-refractivity contribution in [2.24, 2.45) is 5.41 Å². The van der Waals surface area contributed by atoms with Gasteiger partial charge >= 0.3 is 0 Å². The summed E-state index contributed by atoms with van der Waals surface area (Å²) in [4.78, 5) is 0. The third-order valence-electron chi connectivity index (χ3n) is 1.62. The van der Waals surface area contributed by atoms with Gasteiger partial charge < -0.3 is 5.11 Å². The summed E-state index contributed by atoms with van der Waals surface area (Å²) < 4.78 is 0. The molecule has 0 aliphatic heterocycles. The van der Waals surface area contributed by atoms with Gasteiger partial charge in [0, 0.05) is 11.8 Å². The Kier molecular flexibility index (Phi) is 1.59. The second-order valence-electron chi connectivity index (χ2n) is 3.62. The van der Waals surface area contributed by atoms with Crippen LogP contribution in [0.5, 0.6) is 0 Å². The minimum absolute atomic E-state index is 0.0480. The van der Waals surface area contributed by atoms with Gasteiger partial charge in [-0.1, -0.05) is 25.5 Å². The fraction of sp³-hybridized carbons (Fsp3) is 0.556. The Bertz CT molecular complexity index is 177. The largest absolute Gasteiger partial charge is 0.512 e. The molecule has 0 amide bonds. The van der Waals surface area contributed by atoms with Crippen LogP contribution in [-0.4, -0.2) is 5.11 Å². The molecule has 0 saturated heterocycles. The van der Waals surface area contributed by atoms with Crippen LogP contribution in [0.1, 0.15) is 27.2 Å². The number of aliphatic hydroxyl groups excluding tert-OH is 1. The van der Waals surface area contributed by atoms with Crippen molar-refractivity contribution in [3.05, 3.63) is 23.5 Å². The minimum atomic E-state index is 0.0480. The lowest BCUT2D eigenvalue weighted by Crippen LogP contribution is -2.09. The summed E-state index contributed by atoms with van der Waals surface area (Å²) in [5.41, 5.74) is 1.30. The molecule has 0 bridgehead atoms. The Balaban J connectivity index is 2.88. The standard InChI is InChI=1S/C9H14O/c1-7-4-8(10)6-9(2,3)5-7/h5-6,10H,4H2,1-3H3. The van der Waals surface area contributed by atoms with Crippen LogP contribution >= 0.6 is 0 Å². The van der Waals surface area contributed by atoms with Crippen molar-refractivity contribution < 1.29 is 5.11 Å². The van der Waals surface area contributed by atoms with Gasteiger partial charge in [-0.2, -0.15) is 0 Å². The molecule has 0 atom stereocenters. The molecule has 1 N–H and O–H groups in total. The third kappa shape index (κ3) is 1.63. The van der Waals surface area contributed by atoms with Crippen LogP contribution in [0.2, 0.25) is 0 Å². The molecule has 0 spiro atoms. The molecule has 0 radical (unpaired) electrons. The van der Waals surface area contributed by atoms with Crippen LogP contribution in [0.4, 0.5) is 0 Å². The Hall–Kier alpha value is -0.720. The number of rotatable bonds is 0. The smallest absolute Gasteiger partial charge is 0.0931 e. The van der Waals surface area contributed by atoms with Gasteiger partial charge in [0.05, 0.1) is 5.76 Å². The molecule has 0 heterocycles. The molecule has 1 heteroatoms. The highest BCUT2D eigenvalue weighted by Crippen LogP contribution is 2.29. The van der Waals surface area contributed by atoms with E-state index in [1.165, 1.54) is 5.57 Å². The van der Waals surface area contributed by atoms with E-state index in [1.807, 2.05) is 13.0 Å². The van der Waals surface area contributed by atoms with Crippen molar-refractivity contribution in [3.63, 3.8) is 0 Å². The first kappa shape index (κ1) is 7.39. The van der Waals surface area contributed by atoms with Gasteiger partial charge in [-0.15, -0.1) is 0 Å². The van der Waals surface area contributed by atoms with E-state index in [0.29, 0.717) is 5.76 Å². The van der Waals surface area contributed by atoms with Crippen LogP contribution in [0.3, 0.4) is 0 Å². The first-order valence-corrected chi connectivity index (χ1v) is 3.59. The van der Waals surface area contributed by atoms with Gasteiger partial charge in [0.25, 0.3) is 0 Å². The fourth-order valence-electron chi connectivity index (χ4n) is 1.49. The second-order valence-corrected chi connectivity index (χ2v) is 3.62. The maximum atomic E-state index is 9.24. The van der Waals surface area contributed by atoms with E-state index in [-0.39, 0.29) is 5.41 Å². The SMILES string of the molecule is CC1=CC(C)(C)C=C(O)C1. The summed E-state index contributed by atoms with van der Waals surface area (Å²) in [6, 6.07) is 0. The molecule has 0 saturated carbocycles. The fourth-order valence-corrected chi connectivity index (χ4v) is 1.49. The summed E-state index contributed by atoms with van der Waals surface area (Å²) in [6.45, 7) is 6.22. The number of hydrogen-bond acceptors (Lipinski definition) is 1. The van der Waals surface area contributed by atoms with Gasteiger partial charge in [0.15, 0.2) is 0 Å². The first-order chi connectivity index (χ1) is 4.49. The average molecular weight is 138 g/mol. The molecule has 0 unspecified atom stereocenters. The Labute approximate surface area is 62.1 Å². The lowest BCUT2D eigenvalue weighted by atomic mass is 9.85. The monoisotopic (exact) mass is 138 g/mol. The van der Waals surface area contributed by atoms with Crippen molar-refractivity contribution >= 4 is 0 Å². The summed E-state index contributed by atoms with van der Waals surface area (Å²) in [7, 11) is 0. The van der Waals surface area contributed by atoms with Gasteiger partial charge in [-0.25, -0.2) is 0 Å². The van der Waals surface area contributed by atoms with Crippen molar-refractivity contribution in [3.8, 4) is 0 Å². The highest BCUT2D eigenvalue weighted by atomic mass is 16.3. The molecular weight excluding hydrogens is 124 g/mol. The maximum Gasteiger partial charge on any atom is 0.0931 e. The van der Waals surface area contributed by atoms with Crippen LogP contribution in [0.25, 0.3) is 0 Å². The lowest BCUT2D eigenvalue weighted by molar-refractivity contribution is 0.376. The molecule has 1 rings (SSSR count). The van der Waals surface area contributed by atoms with Gasteiger partial charge in [-0.3, -0.25) is 0 Å². The highest BCUT2D eigenvalue weighted by Gasteiger charge is 2.17. The summed E-state index contributed by atoms with van der Waals surface area (Å²) in [6.07, 6.45) is 4.82. The zero-order chi connectivity index (χ0) is 7.78. The molecule has 1 aliphatic rings. The van der Waals surface area contributed by atoms with E-state index in [9.17, 15) is 5.11 Å². The maximum absolute atomic E-state index is 9.24. The van der Waals surface area contributed by atoms with E-state index >= 15 is 0 Å². The summed E-state index contributed by atoms with van der Waals surface area (Å²) in [5.74, 6) is 0.505. The molecule has 0 aromatic carbocycles. The molecule has 10 heavy (non-hydrogen) atoms. The normalized spacial score (nSPS) is 23.5. The predicted octanol–water partition coefficient (Wildman–Crippen LogP) is 2.80. The Morgan fingerprint density at radius 2 is 2.00 bits per heavy atom. The van der Waals surface area contributed by atoms with Gasteiger partial charge in [-0.05, 0) is 13.0 Å². The molecule has 0 aromatic rings. The zero-order valence-corrected chi connectivity index (χ0v) is 6.81. The van der Waals surface area contributed by atoms with E-state index in [4.69, 9.17) is 0 Å². The predicted molar refractivity (Wildman–Crippen MR) is 42.9 cm³/mol. The van der Waals surface area contributed by atoms with E-state index < -0.39 is 0 Å². The number of hydrogen-bond donors (Lipinski definition) is 1. The molecule has 1 aliphatic carbocycles.